The molecule has 44 heavy (non-hydrogen) atoms. The zero-order chi connectivity index (χ0) is 29.3. The molecule has 1 nitrogen and oxygen atoms in total. The third-order valence-corrected chi connectivity index (χ3v) is 8.94. The molecule has 0 aromatic heterocycles. The summed E-state index contributed by atoms with van der Waals surface area (Å²) in [5.41, 5.74) is 13.0. The molecule has 1 aliphatic rings. The zero-order valence-electron chi connectivity index (χ0n) is 24.3. The second kappa shape index (κ2) is 10.9. The maximum Gasteiger partial charge on any atom is 0.0720 e. The van der Waals surface area contributed by atoms with E-state index in [1.54, 1.807) is 0 Å². The van der Waals surface area contributed by atoms with E-state index in [-0.39, 0.29) is 0 Å². The summed E-state index contributed by atoms with van der Waals surface area (Å²) in [6.07, 6.45) is 0. The minimum absolute atomic E-state index is 0.519. The average Bonchev–Trinajstić information content (AvgIpc) is 3.41. The Bertz CT molecular complexity index is 1960. The first-order valence-corrected chi connectivity index (χ1v) is 15.2. The van der Waals surface area contributed by atoms with Crippen molar-refractivity contribution in [3.05, 3.63) is 210 Å². The zero-order valence-corrected chi connectivity index (χ0v) is 24.3. The molecule has 0 aliphatic heterocycles. The van der Waals surface area contributed by atoms with Crippen LogP contribution in [0.2, 0.25) is 0 Å². The summed E-state index contributed by atoms with van der Waals surface area (Å²) >= 11 is 0. The van der Waals surface area contributed by atoms with Crippen LogP contribution >= 0.6 is 0 Å². The van der Waals surface area contributed by atoms with Crippen LogP contribution in [-0.2, 0) is 5.41 Å². The summed E-state index contributed by atoms with van der Waals surface area (Å²) in [6.45, 7) is 0. The molecule has 0 N–H and O–H groups in total. The number of para-hydroxylation sites is 2. The van der Waals surface area contributed by atoms with Crippen molar-refractivity contribution in [1.82, 2.24) is 0 Å². The molecule has 1 heteroatoms. The average molecular weight is 562 g/mol. The largest absolute Gasteiger partial charge is 0.310 e. The molecule has 0 atom stereocenters. The number of benzene rings is 7. The molecule has 0 radical (unpaired) electrons. The van der Waals surface area contributed by atoms with E-state index in [4.69, 9.17) is 0 Å². The number of anilines is 3. The standard InChI is InChI=1S/C43H31N/c1-5-17-32(18-6-1)37-30-29-36(44(34-21-9-3-10-22-34)35-23-11-4-12-24-35)31-42(37)43(33-19-7-2-8-20-33)40-27-15-13-25-38(40)39-26-14-16-28-41(39)43/h1-31H. The van der Waals surface area contributed by atoms with E-state index < -0.39 is 5.41 Å². The van der Waals surface area contributed by atoms with Crippen molar-refractivity contribution in [1.29, 1.82) is 0 Å². The number of nitrogens with zero attached hydrogens (tertiary/aromatic N) is 1. The summed E-state index contributed by atoms with van der Waals surface area (Å²) in [6, 6.07) is 68.2. The van der Waals surface area contributed by atoms with Gasteiger partial charge >= 0.3 is 0 Å². The van der Waals surface area contributed by atoms with E-state index in [0.29, 0.717) is 0 Å². The summed E-state index contributed by atoms with van der Waals surface area (Å²) in [5, 5.41) is 0. The smallest absolute Gasteiger partial charge is 0.0720 e. The molecule has 7 aromatic rings. The van der Waals surface area contributed by atoms with E-state index in [0.717, 1.165) is 17.1 Å². The Labute approximate surface area is 259 Å². The summed E-state index contributed by atoms with van der Waals surface area (Å²) in [5.74, 6) is 0. The lowest BCUT2D eigenvalue weighted by atomic mass is 9.65. The second-order valence-electron chi connectivity index (χ2n) is 11.3. The van der Waals surface area contributed by atoms with E-state index in [9.17, 15) is 0 Å². The van der Waals surface area contributed by atoms with E-state index in [1.807, 2.05) is 0 Å². The number of hydrogen-bond acceptors (Lipinski definition) is 1. The summed E-state index contributed by atoms with van der Waals surface area (Å²) < 4.78 is 0. The molecule has 8 rings (SSSR count). The molecule has 0 heterocycles. The maximum absolute atomic E-state index is 2.44. The first kappa shape index (κ1) is 26.0. The highest BCUT2D eigenvalue weighted by molar-refractivity contribution is 5.90. The molecule has 0 saturated heterocycles. The Morgan fingerprint density at radius 3 is 1.32 bits per heavy atom. The van der Waals surface area contributed by atoms with Crippen molar-refractivity contribution in [3.63, 3.8) is 0 Å². The molecule has 0 fully saturated rings. The van der Waals surface area contributed by atoms with Crippen molar-refractivity contribution in [3.8, 4) is 22.3 Å². The van der Waals surface area contributed by atoms with Gasteiger partial charge < -0.3 is 4.90 Å². The lowest BCUT2D eigenvalue weighted by Gasteiger charge is -2.37. The molecule has 0 bridgehead atoms. The van der Waals surface area contributed by atoms with Gasteiger partial charge in [0.1, 0.15) is 0 Å². The first-order valence-electron chi connectivity index (χ1n) is 15.2. The third kappa shape index (κ3) is 4.09. The fraction of sp³-hybridized carbons (Fsp3) is 0.0233. The van der Waals surface area contributed by atoms with Crippen LogP contribution in [0, 0.1) is 0 Å². The van der Waals surface area contributed by atoms with Crippen molar-refractivity contribution in [2.24, 2.45) is 0 Å². The summed E-state index contributed by atoms with van der Waals surface area (Å²) in [7, 11) is 0. The molecular weight excluding hydrogens is 530 g/mol. The Balaban J connectivity index is 1.51. The van der Waals surface area contributed by atoms with E-state index >= 15 is 0 Å². The van der Waals surface area contributed by atoms with Crippen LogP contribution < -0.4 is 4.90 Å². The van der Waals surface area contributed by atoms with Gasteiger partial charge in [-0.1, -0.05) is 152 Å². The SMILES string of the molecule is c1ccc(-c2ccc(N(c3ccccc3)c3ccccc3)cc2C2(c3ccccc3)c3ccccc3-c3ccccc32)cc1. The van der Waals surface area contributed by atoms with E-state index in [1.165, 1.54) is 44.5 Å². The monoisotopic (exact) mass is 561 g/mol. The Kier molecular flexibility index (Phi) is 6.43. The van der Waals surface area contributed by atoms with Crippen LogP contribution in [0.5, 0.6) is 0 Å². The Morgan fingerprint density at radius 2 is 0.773 bits per heavy atom. The fourth-order valence-corrected chi connectivity index (χ4v) is 7.13. The number of hydrogen-bond donors (Lipinski definition) is 0. The lowest BCUT2D eigenvalue weighted by molar-refractivity contribution is 0.770. The normalized spacial score (nSPS) is 12.7. The minimum Gasteiger partial charge on any atom is -0.310 e. The molecule has 0 saturated carbocycles. The van der Waals surface area contributed by atoms with Crippen molar-refractivity contribution in [2.45, 2.75) is 5.41 Å². The van der Waals surface area contributed by atoms with Gasteiger partial charge in [-0.25, -0.2) is 0 Å². The lowest BCUT2D eigenvalue weighted by Crippen LogP contribution is -2.29. The summed E-state index contributed by atoms with van der Waals surface area (Å²) in [4.78, 5) is 2.36. The van der Waals surface area contributed by atoms with Gasteiger partial charge in [-0.15, -0.1) is 0 Å². The predicted molar refractivity (Wildman–Crippen MR) is 184 cm³/mol. The van der Waals surface area contributed by atoms with Gasteiger partial charge in [0.25, 0.3) is 0 Å². The second-order valence-corrected chi connectivity index (χ2v) is 11.3. The van der Waals surface area contributed by atoms with Crippen molar-refractivity contribution < 1.29 is 0 Å². The van der Waals surface area contributed by atoms with Crippen LogP contribution in [0.15, 0.2) is 188 Å². The van der Waals surface area contributed by atoms with Crippen molar-refractivity contribution in [2.75, 3.05) is 4.90 Å². The van der Waals surface area contributed by atoms with Gasteiger partial charge in [-0.2, -0.15) is 0 Å². The maximum atomic E-state index is 2.44. The van der Waals surface area contributed by atoms with Crippen LogP contribution in [0.3, 0.4) is 0 Å². The van der Waals surface area contributed by atoms with Crippen LogP contribution in [-0.4, -0.2) is 0 Å². The highest BCUT2D eigenvalue weighted by Gasteiger charge is 2.47. The van der Waals surface area contributed by atoms with E-state index in [2.05, 4.69) is 193 Å². The van der Waals surface area contributed by atoms with Crippen LogP contribution in [0.1, 0.15) is 22.3 Å². The molecule has 0 unspecified atom stereocenters. The molecule has 1 aliphatic carbocycles. The highest BCUT2D eigenvalue weighted by atomic mass is 15.1. The number of fused-ring (bicyclic) bond motifs is 3. The molecular formula is C43H31N. The van der Waals surface area contributed by atoms with Gasteiger partial charge in [0.15, 0.2) is 0 Å². The quantitative estimate of drug-likeness (QED) is 0.195. The van der Waals surface area contributed by atoms with Crippen molar-refractivity contribution >= 4 is 17.1 Å². The first-order chi connectivity index (χ1) is 21.9. The molecule has 0 amide bonds. The van der Waals surface area contributed by atoms with Gasteiger partial charge in [0.05, 0.1) is 5.41 Å². The topological polar surface area (TPSA) is 3.24 Å². The number of rotatable bonds is 6. The minimum atomic E-state index is -0.519. The fourth-order valence-electron chi connectivity index (χ4n) is 7.13. The highest BCUT2D eigenvalue weighted by Crippen LogP contribution is 2.58. The van der Waals surface area contributed by atoms with Crippen LogP contribution in [0.4, 0.5) is 17.1 Å². The van der Waals surface area contributed by atoms with Gasteiger partial charge in [-0.3, -0.25) is 0 Å². The predicted octanol–water partition coefficient (Wildman–Crippen LogP) is 11.2. The molecule has 0 spiro atoms. The Hall–Kier alpha value is -5.66. The van der Waals surface area contributed by atoms with Gasteiger partial charge in [0.2, 0.25) is 0 Å². The van der Waals surface area contributed by atoms with Gasteiger partial charge in [-0.05, 0) is 80.9 Å². The Morgan fingerprint density at radius 1 is 0.318 bits per heavy atom. The van der Waals surface area contributed by atoms with Gasteiger partial charge in [0, 0.05) is 17.1 Å². The third-order valence-electron chi connectivity index (χ3n) is 8.94. The molecule has 208 valence electrons. The van der Waals surface area contributed by atoms with Crippen LogP contribution in [0.25, 0.3) is 22.3 Å². The molecule has 7 aromatic carbocycles.